The highest BCUT2D eigenvalue weighted by molar-refractivity contribution is 5.68. The standard InChI is InChI=1S/C14H20N4O2/c1-4-11(2)17(3)9-8-16-13-7-5-6-12(10-15)14(13)18(19)20/h5-7,11,16H,4,8-9H2,1-3H3. The Kier molecular flexibility index (Phi) is 5.94. The summed E-state index contributed by atoms with van der Waals surface area (Å²) in [4.78, 5) is 12.7. The average molecular weight is 276 g/mol. The van der Waals surface area contributed by atoms with Crippen molar-refractivity contribution < 1.29 is 4.92 Å². The van der Waals surface area contributed by atoms with Crippen LogP contribution < -0.4 is 5.32 Å². The third kappa shape index (κ3) is 3.93. The van der Waals surface area contributed by atoms with Crippen LogP contribution in [0.25, 0.3) is 0 Å². The summed E-state index contributed by atoms with van der Waals surface area (Å²) in [7, 11) is 2.02. The molecule has 6 nitrogen and oxygen atoms in total. The first-order valence-corrected chi connectivity index (χ1v) is 6.62. The third-order valence-corrected chi connectivity index (χ3v) is 3.46. The molecule has 0 fully saturated rings. The summed E-state index contributed by atoms with van der Waals surface area (Å²) in [5.74, 6) is 0. The Bertz CT molecular complexity index is 510. The van der Waals surface area contributed by atoms with E-state index >= 15 is 0 Å². The van der Waals surface area contributed by atoms with E-state index in [4.69, 9.17) is 5.26 Å². The Morgan fingerprint density at radius 2 is 2.25 bits per heavy atom. The first-order chi connectivity index (χ1) is 9.51. The van der Waals surface area contributed by atoms with Gasteiger partial charge in [-0.25, -0.2) is 0 Å². The summed E-state index contributed by atoms with van der Waals surface area (Å²) in [6.07, 6.45) is 1.06. The number of nitriles is 1. The lowest BCUT2D eigenvalue weighted by Crippen LogP contribution is -2.32. The summed E-state index contributed by atoms with van der Waals surface area (Å²) >= 11 is 0. The minimum atomic E-state index is -0.515. The van der Waals surface area contributed by atoms with Crippen molar-refractivity contribution in [1.82, 2.24) is 4.90 Å². The molecular weight excluding hydrogens is 256 g/mol. The van der Waals surface area contributed by atoms with Gasteiger partial charge in [-0.2, -0.15) is 5.26 Å². The van der Waals surface area contributed by atoms with Gasteiger partial charge in [0, 0.05) is 19.1 Å². The van der Waals surface area contributed by atoms with Crippen LogP contribution in [0.5, 0.6) is 0 Å². The molecule has 0 heterocycles. The van der Waals surface area contributed by atoms with Crippen molar-refractivity contribution in [1.29, 1.82) is 5.26 Å². The van der Waals surface area contributed by atoms with Gasteiger partial charge in [-0.1, -0.05) is 13.0 Å². The molecule has 0 saturated heterocycles. The largest absolute Gasteiger partial charge is 0.378 e. The van der Waals surface area contributed by atoms with Crippen molar-refractivity contribution in [2.45, 2.75) is 26.3 Å². The van der Waals surface area contributed by atoms with Crippen LogP contribution in [0.4, 0.5) is 11.4 Å². The number of hydrogen-bond donors (Lipinski definition) is 1. The molecular formula is C14H20N4O2. The molecule has 0 aliphatic heterocycles. The van der Waals surface area contributed by atoms with Gasteiger partial charge in [0.15, 0.2) is 0 Å². The number of nitro benzene ring substituents is 1. The second kappa shape index (κ2) is 7.46. The normalized spacial score (nSPS) is 11.9. The van der Waals surface area contributed by atoms with Crippen LogP contribution in [0.1, 0.15) is 25.8 Å². The quantitative estimate of drug-likeness (QED) is 0.611. The predicted molar refractivity (Wildman–Crippen MR) is 78.7 cm³/mol. The highest BCUT2D eigenvalue weighted by atomic mass is 16.6. The highest BCUT2D eigenvalue weighted by Crippen LogP contribution is 2.27. The van der Waals surface area contributed by atoms with Crippen LogP contribution in [0.3, 0.4) is 0 Å². The van der Waals surface area contributed by atoms with Gasteiger partial charge >= 0.3 is 5.69 Å². The summed E-state index contributed by atoms with van der Waals surface area (Å²) in [5.41, 5.74) is 0.322. The van der Waals surface area contributed by atoms with Crippen molar-refractivity contribution in [3.8, 4) is 6.07 Å². The molecule has 1 unspecified atom stereocenters. The number of rotatable bonds is 7. The number of likely N-dealkylation sites (N-methyl/N-ethyl adjacent to an activating group) is 1. The van der Waals surface area contributed by atoms with Crippen molar-refractivity contribution >= 4 is 11.4 Å². The van der Waals surface area contributed by atoms with Crippen LogP contribution in [0.15, 0.2) is 18.2 Å². The third-order valence-electron chi connectivity index (χ3n) is 3.46. The first-order valence-electron chi connectivity index (χ1n) is 6.62. The molecule has 1 N–H and O–H groups in total. The van der Waals surface area contributed by atoms with Gasteiger partial charge in [0.2, 0.25) is 0 Å². The summed E-state index contributed by atoms with van der Waals surface area (Å²) in [6, 6.07) is 7.05. The van der Waals surface area contributed by atoms with Gasteiger partial charge in [-0.05, 0) is 32.5 Å². The lowest BCUT2D eigenvalue weighted by Gasteiger charge is -2.23. The lowest BCUT2D eigenvalue weighted by molar-refractivity contribution is -0.384. The molecule has 0 aliphatic carbocycles. The number of para-hydroxylation sites is 1. The zero-order valence-electron chi connectivity index (χ0n) is 12.1. The topological polar surface area (TPSA) is 82.2 Å². The van der Waals surface area contributed by atoms with E-state index in [0.29, 0.717) is 18.3 Å². The monoisotopic (exact) mass is 276 g/mol. The number of hydrogen-bond acceptors (Lipinski definition) is 5. The van der Waals surface area contributed by atoms with E-state index < -0.39 is 4.92 Å². The van der Waals surface area contributed by atoms with E-state index in [1.807, 2.05) is 13.1 Å². The second-order valence-corrected chi connectivity index (χ2v) is 4.74. The van der Waals surface area contributed by atoms with Crippen LogP contribution in [0.2, 0.25) is 0 Å². The number of benzene rings is 1. The molecule has 0 aromatic heterocycles. The molecule has 0 spiro atoms. The molecule has 1 atom stereocenters. The summed E-state index contributed by atoms with van der Waals surface area (Å²) in [5, 5.41) is 23.0. The van der Waals surface area contributed by atoms with Gasteiger partial charge in [-0.15, -0.1) is 0 Å². The Morgan fingerprint density at radius 3 is 2.80 bits per heavy atom. The molecule has 1 aromatic carbocycles. The molecule has 20 heavy (non-hydrogen) atoms. The van der Waals surface area contributed by atoms with E-state index in [-0.39, 0.29) is 11.3 Å². The fraction of sp³-hybridized carbons (Fsp3) is 0.500. The van der Waals surface area contributed by atoms with Gasteiger partial charge in [0.05, 0.1) is 4.92 Å². The number of nitro groups is 1. The Morgan fingerprint density at radius 1 is 1.55 bits per heavy atom. The number of anilines is 1. The molecule has 1 rings (SSSR count). The Hall–Kier alpha value is -2.13. The number of nitrogens with one attached hydrogen (secondary N) is 1. The van der Waals surface area contributed by atoms with Crippen LogP contribution in [-0.4, -0.2) is 36.0 Å². The Labute approximate surface area is 119 Å². The first kappa shape index (κ1) is 15.9. The SMILES string of the molecule is CCC(C)N(C)CCNc1cccc(C#N)c1[N+](=O)[O-]. The number of nitrogens with zero attached hydrogens (tertiary/aromatic N) is 3. The Balaban J connectivity index is 2.74. The fourth-order valence-corrected chi connectivity index (χ4v) is 1.87. The van der Waals surface area contributed by atoms with Gasteiger partial charge < -0.3 is 10.2 Å². The van der Waals surface area contributed by atoms with Crippen LogP contribution >= 0.6 is 0 Å². The molecule has 0 bridgehead atoms. The van der Waals surface area contributed by atoms with Crippen molar-refractivity contribution in [3.63, 3.8) is 0 Å². The maximum atomic E-state index is 11.1. The molecule has 0 radical (unpaired) electrons. The zero-order chi connectivity index (χ0) is 15.1. The summed E-state index contributed by atoms with van der Waals surface area (Å²) in [6.45, 7) is 5.63. The van der Waals surface area contributed by atoms with Crippen LogP contribution in [0, 0.1) is 21.4 Å². The van der Waals surface area contributed by atoms with E-state index in [9.17, 15) is 10.1 Å². The van der Waals surface area contributed by atoms with Gasteiger partial charge in [0.1, 0.15) is 17.3 Å². The molecule has 0 aliphatic rings. The molecule has 1 aromatic rings. The molecule has 6 heteroatoms. The van der Waals surface area contributed by atoms with Crippen molar-refractivity contribution in [2.75, 3.05) is 25.5 Å². The zero-order valence-corrected chi connectivity index (χ0v) is 12.1. The molecule has 0 saturated carbocycles. The smallest absolute Gasteiger partial charge is 0.309 e. The van der Waals surface area contributed by atoms with Crippen molar-refractivity contribution in [2.24, 2.45) is 0 Å². The fourth-order valence-electron chi connectivity index (χ4n) is 1.87. The van der Waals surface area contributed by atoms with Crippen molar-refractivity contribution in [3.05, 3.63) is 33.9 Å². The van der Waals surface area contributed by atoms with E-state index in [1.165, 1.54) is 6.07 Å². The molecule has 0 amide bonds. The summed E-state index contributed by atoms with van der Waals surface area (Å²) < 4.78 is 0. The minimum absolute atomic E-state index is 0.0790. The van der Waals surface area contributed by atoms with Gasteiger partial charge in [0.25, 0.3) is 0 Å². The molecule has 108 valence electrons. The maximum absolute atomic E-state index is 11.1. The van der Waals surface area contributed by atoms with Crippen LogP contribution in [-0.2, 0) is 0 Å². The predicted octanol–water partition coefficient (Wildman–Crippen LogP) is 2.61. The van der Waals surface area contributed by atoms with E-state index in [2.05, 4.69) is 24.1 Å². The average Bonchev–Trinajstić information content (AvgIpc) is 2.45. The van der Waals surface area contributed by atoms with Gasteiger partial charge in [-0.3, -0.25) is 10.1 Å². The lowest BCUT2D eigenvalue weighted by atomic mass is 10.1. The second-order valence-electron chi connectivity index (χ2n) is 4.74. The van der Waals surface area contributed by atoms with E-state index in [0.717, 1.165) is 13.0 Å². The van der Waals surface area contributed by atoms with E-state index in [1.54, 1.807) is 12.1 Å². The maximum Gasteiger partial charge on any atom is 0.309 e. The highest BCUT2D eigenvalue weighted by Gasteiger charge is 2.19. The minimum Gasteiger partial charge on any atom is -0.378 e.